The number of hydrogen-bond acceptors (Lipinski definition) is 6. The van der Waals surface area contributed by atoms with Crippen LogP contribution in [0.25, 0.3) is 0 Å². The van der Waals surface area contributed by atoms with Crippen LogP contribution in [0.15, 0.2) is 41.0 Å². The zero-order valence-electron chi connectivity index (χ0n) is 13.3. The summed E-state index contributed by atoms with van der Waals surface area (Å²) in [6.45, 7) is 3.21. The number of benzene rings is 1. The van der Waals surface area contributed by atoms with Crippen LogP contribution >= 0.6 is 0 Å². The van der Waals surface area contributed by atoms with E-state index in [1.54, 1.807) is 26.0 Å². The van der Waals surface area contributed by atoms with Crippen molar-refractivity contribution in [2.45, 2.75) is 13.8 Å². The number of furan rings is 1. The van der Waals surface area contributed by atoms with E-state index in [1.165, 1.54) is 24.5 Å². The Bertz CT molecular complexity index is 732. The number of rotatable bonds is 6. The third-order valence-electron chi connectivity index (χ3n) is 3.09. The van der Waals surface area contributed by atoms with Gasteiger partial charge in [0.05, 0.1) is 18.4 Å². The first-order valence-corrected chi connectivity index (χ1v) is 7.29. The highest BCUT2D eigenvalue weighted by atomic mass is 16.5. The second-order valence-corrected chi connectivity index (χ2v) is 4.81. The molecule has 2 aromatic rings. The van der Waals surface area contributed by atoms with Gasteiger partial charge in [0.15, 0.2) is 6.61 Å². The summed E-state index contributed by atoms with van der Waals surface area (Å²) in [6.07, 6.45) is 1.37. The summed E-state index contributed by atoms with van der Waals surface area (Å²) in [5.41, 5.74) is 1.14. The first-order valence-electron chi connectivity index (χ1n) is 7.29. The first kappa shape index (κ1) is 17.3. The molecule has 1 aromatic heterocycles. The molecular formula is C17H17NO6. The Kier molecular flexibility index (Phi) is 5.73. The van der Waals surface area contributed by atoms with Crippen LogP contribution in [-0.4, -0.2) is 31.1 Å². The van der Waals surface area contributed by atoms with Crippen molar-refractivity contribution in [1.29, 1.82) is 0 Å². The molecule has 7 nitrogen and oxygen atoms in total. The van der Waals surface area contributed by atoms with Crippen molar-refractivity contribution in [1.82, 2.24) is 0 Å². The van der Waals surface area contributed by atoms with Gasteiger partial charge >= 0.3 is 11.9 Å². The van der Waals surface area contributed by atoms with Crippen molar-refractivity contribution in [3.63, 3.8) is 0 Å². The minimum Gasteiger partial charge on any atom is -0.469 e. The second kappa shape index (κ2) is 7.96. The number of carbonyl (C=O) groups is 3. The Morgan fingerprint density at radius 1 is 1.04 bits per heavy atom. The number of carbonyl (C=O) groups excluding carboxylic acids is 3. The summed E-state index contributed by atoms with van der Waals surface area (Å²) in [5, 5.41) is 2.56. The minimum absolute atomic E-state index is 0.279. The Balaban J connectivity index is 1.85. The SMILES string of the molecule is CCOC(=O)c1ccc(NC(=O)COC(=O)c2ccoc2C)cc1. The quantitative estimate of drug-likeness (QED) is 0.818. The lowest BCUT2D eigenvalue weighted by Crippen LogP contribution is -2.21. The number of esters is 2. The fraction of sp³-hybridized carbons (Fsp3) is 0.235. The molecule has 0 saturated carbocycles. The highest BCUT2D eigenvalue weighted by molar-refractivity contribution is 5.96. The average Bonchev–Trinajstić information content (AvgIpc) is 2.99. The van der Waals surface area contributed by atoms with Gasteiger partial charge in [0, 0.05) is 5.69 Å². The van der Waals surface area contributed by atoms with Gasteiger partial charge in [-0.25, -0.2) is 9.59 Å². The summed E-state index contributed by atoms with van der Waals surface area (Å²) < 4.78 is 14.8. The van der Waals surface area contributed by atoms with Crippen LogP contribution in [0.1, 0.15) is 33.4 Å². The Morgan fingerprint density at radius 2 is 1.75 bits per heavy atom. The summed E-state index contributed by atoms with van der Waals surface area (Å²) in [6, 6.07) is 7.67. The molecule has 0 aliphatic rings. The van der Waals surface area contributed by atoms with E-state index in [2.05, 4.69) is 5.32 Å². The average molecular weight is 331 g/mol. The molecule has 1 amide bonds. The topological polar surface area (TPSA) is 94.8 Å². The molecule has 126 valence electrons. The molecule has 0 spiro atoms. The maximum atomic E-state index is 11.8. The van der Waals surface area contributed by atoms with E-state index in [4.69, 9.17) is 13.9 Å². The van der Waals surface area contributed by atoms with Gasteiger partial charge in [0.25, 0.3) is 5.91 Å². The van der Waals surface area contributed by atoms with Crippen LogP contribution in [0.4, 0.5) is 5.69 Å². The zero-order valence-corrected chi connectivity index (χ0v) is 13.3. The zero-order chi connectivity index (χ0) is 17.5. The van der Waals surface area contributed by atoms with Crippen molar-refractivity contribution in [2.75, 3.05) is 18.5 Å². The number of hydrogen-bond donors (Lipinski definition) is 1. The van der Waals surface area contributed by atoms with Gasteiger partial charge in [-0.15, -0.1) is 0 Å². The van der Waals surface area contributed by atoms with Crippen LogP contribution in [0.3, 0.4) is 0 Å². The van der Waals surface area contributed by atoms with Gasteiger partial charge < -0.3 is 19.2 Å². The summed E-state index contributed by atoms with van der Waals surface area (Å²) in [5.74, 6) is -1.13. The van der Waals surface area contributed by atoms with E-state index in [-0.39, 0.29) is 5.56 Å². The van der Waals surface area contributed by atoms with E-state index >= 15 is 0 Å². The Labute approximate surface area is 138 Å². The van der Waals surface area contributed by atoms with Crippen molar-refractivity contribution >= 4 is 23.5 Å². The molecule has 0 aliphatic heterocycles. The molecule has 1 aromatic carbocycles. The molecule has 1 heterocycles. The number of amides is 1. The third-order valence-corrected chi connectivity index (χ3v) is 3.09. The van der Waals surface area contributed by atoms with E-state index in [9.17, 15) is 14.4 Å². The lowest BCUT2D eigenvalue weighted by Gasteiger charge is -2.07. The van der Waals surface area contributed by atoms with Gasteiger partial charge in [-0.1, -0.05) is 0 Å². The predicted octanol–water partition coefficient (Wildman–Crippen LogP) is 2.56. The highest BCUT2D eigenvalue weighted by Gasteiger charge is 2.15. The van der Waals surface area contributed by atoms with Crippen LogP contribution in [0.2, 0.25) is 0 Å². The molecule has 0 atom stereocenters. The van der Waals surface area contributed by atoms with Crippen LogP contribution in [0, 0.1) is 6.92 Å². The number of ether oxygens (including phenoxy) is 2. The maximum absolute atomic E-state index is 11.8. The molecule has 0 radical (unpaired) electrons. The fourth-order valence-electron chi connectivity index (χ4n) is 1.91. The number of aryl methyl sites for hydroxylation is 1. The largest absolute Gasteiger partial charge is 0.469 e. The van der Waals surface area contributed by atoms with Gasteiger partial charge in [0.2, 0.25) is 0 Å². The molecule has 24 heavy (non-hydrogen) atoms. The molecule has 1 N–H and O–H groups in total. The van der Waals surface area contributed by atoms with Gasteiger partial charge in [-0.3, -0.25) is 4.79 Å². The standard InChI is InChI=1S/C17H17NO6/c1-3-22-16(20)12-4-6-13(7-5-12)18-15(19)10-24-17(21)14-8-9-23-11(14)2/h4-9H,3,10H2,1-2H3,(H,18,19). The lowest BCUT2D eigenvalue weighted by molar-refractivity contribution is -0.119. The normalized spacial score (nSPS) is 10.1. The molecular weight excluding hydrogens is 314 g/mol. The second-order valence-electron chi connectivity index (χ2n) is 4.81. The number of anilines is 1. The third kappa shape index (κ3) is 4.45. The fourth-order valence-corrected chi connectivity index (χ4v) is 1.91. The number of nitrogens with one attached hydrogen (secondary N) is 1. The molecule has 0 bridgehead atoms. The minimum atomic E-state index is -0.631. The lowest BCUT2D eigenvalue weighted by atomic mass is 10.2. The molecule has 2 rings (SSSR count). The van der Waals surface area contributed by atoms with Crippen LogP contribution in [0.5, 0.6) is 0 Å². The smallest absolute Gasteiger partial charge is 0.342 e. The van der Waals surface area contributed by atoms with Crippen LogP contribution < -0.4 is 5.32 Å². The van der Waals surface area contributed by atoms with Gasteiger partial charge in [-0.2, -0.15) is 0 Å². The molecule has 0 unspecified atom stereocenters. The predicted molar refractivity (Wildman–Crippen MR) is 84.8 cm³/mol. The van der Waals surface area contributed by atoms with Crippen molar-refractivity contribution < 1.29 is 28.3 Å². The summed E-state index contributed by atoms with van der Waals surface area (Å²) in [4.78, 5) is 35.1. The van der Waals surface area contributed by atoms with Crippen LogP contribution in [-0.2, 0) is 14.3 Å². The van der Waals surface area contributed by atoms with Gasteiger partial charge in [-0.05, 0) is 44.2 Å². The van der Waals surface area contributed by atoms with E-state index in [0.717, 1.165) is 0 Å². The van der Waals surface area contributed by atoms with Gasteiger partial charge in [0.1, 0.15) is 11.3 Å². The molecule has 0 fully saturated rings. The van der Waals surface area contributed by atoms with Crippen molar-refractivity contribution in [2.24, 2.45) is 0 Å². The van der Waals surface area contributed by atoms with E-state index in [0.29, 0.717) is 23.6 Å². The maximum Gasteiger partial charge on any atom is 0.342 e. The van der Waals surface area contributed by atoms with Crippen molar-refractivity contribution in [3.8, 4) is 0 Å². The van der Waals surface area contributed by atoms with E-state index < -0.39 is 24.5 Å². The summed E-state index contributed by atoms with van der Waals surface area (Å²) >= 11 is 0. The molecule has 0 aliphatic carbocycles. The Morgan fingerprint density at radius 3 is 2.33 bits per heavy atom. The highest BCUT2D eigenvalue weighted by Crippen LogP contribution is 2.12. The Hall–Kier alpha value is -3.09. The van der Waals surface area contributed by atoms with E-state index in [1.807, 2.05) is 0 Å². The van der Waals surface area contributed by atoms with Crippen molar-refractivity contribution in [3.05, 3.63) is 53.5 Å². The summed E-state index contributed by atoms with van der Waals surface area (Å²) in [7, 11) is 0. The molecule has 0 saturated heterocycles. The first-order chi connectivity index (χ1) is 11.5. The molecule has 7 heteroatoms. The monoisotopic (exact) mass is 331 g/mol.